The molecule has 31 heavy (non-hydrogen) atoms. The Balaban J connectivity index is 1.42. The summed E-state index contributed by atoms with van der Waals surface area (Å²) in [5.41, 5.74) is 0.844. The number of aryl methyl sites for hydroxylation is 1. The number of ether oxygens (including phenoxy) is 3. The number of hydrogen-bond donors (Lipinski definition) is 0. The first-order valence-electron chi connectivity index (χ1n) is 9.77. The zero-order chi connectivity index (χ0) is 22.3. The molecule has 1 aliphatic rings. The van der Waals surface area contributed by atoms with Gasteiger partial charge < -0.3 is 14.2 Å². The number of sulfonamides is 1. The number of carbonyl (C=O) groups is 1. The molecule has 0 saturated carbocycles. The fourth-order valence-corrected chi connectivity index (χ4v) is 4.92. The van der Waals surface area contributed by atoms with Gasteiger partial charge >= 0.3 is 5.97 Å². The molecule has 10 heteroatoms. The van der Waals surface area contributed by atoms with Crippen molar-refractivity contribution in [1.82, 2.24) is 4.31 Å². The first-order valence-corrected chi connectivity index (χ1v) is 12.0. The molecule has 0 atom stereocenters. The van der Waals surface area contributed by atoms with Crippen LogP contribution in [0.3, 0.4) is 0 Å². The Bertz CT molecular complexity index is 971. The van der Waals surface area contributed by atoms with Crippen molar-refractivity contribution in [3.63, 3.8) is 0 Å². The van der Waals surface area contributed by atoms with E-state index in [0.29, 0.717) is 48.5 Å². The van der Waals surface area contributed by atoms with Crippen LogP contribution in [0.15, 0.2) is 47.4 Å². The molecule has 2 aromatic rings. The second-order valence-electron chi connectivity index (χ2n) is 6.78. The molecule has 1 saturated heterocycles. The van der Waals surface area contributed by atoms with Gasteiger partial charge in [-0.1, -0.05) is 41.4 Å². The second-order valence-corrected chi connectivity index (χ2v) is 9.53. The molecule has 0 bridgehead atoms. The Morgan fingerprint density at radius 3 is 2.29 bits per heavy atom. The number of halogens is 2. The lowest BCUT2D eigenvalue weighted by Gasteiger charge is -2.26. The Hall–Kier alpha value is -1.84. The number of benzene rings is 2. The summed E-state index contributed by atoms with van der Waals surface area (Å²) in [6.07, 6.45) is 0.607. The lowest BCUT2D eigenvalue weighted by atomic mass is 10.1. The second kappa shape index (κ2) is 11.2. The Morgan fingerprint density at radius 2 is 1.65 bits per heavy atom. The van der Waals surface area contributed by atoms with Gasteiger partial charge in [-0.2, -0.15) is 4.31 Å². The van der Waals surface area contributed by atoms with Gasteiger partial charge in [-0.25, -0.2) is 8.42 Å². The van der Waals surface area contributed by atoms with Crippen molar-refractivity contribution in [2.24, 2.45) is 0 Å². The topological polar surface area (TPSA) is 82.1 Å². The number of nitrogens with zero attached hydrogens (tertiary/aromatic N) is 1. The molecule has 3 rings (SSSR count). The monoisotopic (exact) mass is 487 g/mol. The van der Waals surface area contributed by atoms with E-state index in [1.165, 1.54) is 4.31 Å². The minimum Gasteiger partial charge on any atom is -0.487 e. The van der Waals surface area contributed by atoms with Gasteiger partial charge in [0.15, 0.2) is 5.75 Å². The van der Waals surface area contributed by atoms with Crippen LogP contribution in [0.5, 0.6) is 5.75 Å². The van der Waals surface area contributed by atoms with Crippen LogP contribution < -0.4 is 4.74 Å². The number of para-hydroxylation sites is 1. The van der Waals surface area contributed by atoms with E-state index in [-0.39, 0.29) is 30.5 Å². The first-order chi connectivity index (χ1) is 14.9. The van der Waals surface area contributed by atoms with E-state index in [0.717, 1.165) is 5.56 Å². The van der Waals surface area contributed by atoms with Crippen molar-refractivity contribution in [1.29, 1.82) is 0 Å². The summed E-state index contributed by atoms with van der Waals surface area (Å²) in [5, 5.41) is 0.774. The zero-order valence-corrected chi connectivity index (χ0v) is 19.1. The number of morpholine rings is 1. The fraction of sp³-hybridized carbons (Fsp3) is 0.381. The third-order valence-electron chi connectivity index (χ3n) is 4.66. The molecule has 0 aromatic heterocycles. The maximum Gasteiger partial charge on any atom is 0.306 e. The van der Waals surface area contributed by atoms with E-state index in [2.05, 4.69) is 0 Å². The van der Waals surface area contributed by atoms with Crippen molar-refractivity contribution in [3.8, 4) is 5.75 Å². The Labute approximate surface area is 191 Å². The van der Waals surface area contributed by atoms with Crippen LogP contribution in [0, 0.1) is 0 Å². The van der Waals surface area contributed by atoms with Crippen LogP contribution >= 0.6 is 23.2 Å². The quantitative estimate of drug-likeness (QED) is 0.397. The number of carbonyl (C=O) groups excluding carboxylic acids is 1. The molecule has 0 N–H and O–H groups in total. The van der Waals surface area contributed by atoms with Crippen molar-refractivity contribution >= 4 is 39.2 Å². The van der Waals surface area contributed by atoms with E-state index < -0.39 is 10.0 Å². The van der Waals surface area contributed by atoms with E-state index in [1.807, 2.05) is 0 Å². The molecule has 7 nitrogen and oxygen atoms in total. The molecule has 0 spiro atoms. The van der Waals surface area contributed by atoms with Crippen LogP contribution in [-0.2, 0) is 30.7 Å². The highest BCUT2D eigenvalue weighted by Gasteiger charge is 2.26. The molecule has 2 aromatic carbocycles. The van der Waals surface area contributed by atoms with Gasteiger partial charge in [0.25, 0.3) is 0 Å². The van der Waals surface area contributed by atoms with Crippen LogP contribution in [0.4, 0.5) is 0 Å². The summed E-state index contributed by atoms with van der Waals surface area (Å²) in [6.45, 7) is 1.69. The molecule has 168 valence electrons. The molecular weight excluding hydrogens is 465 g/mol. The standard InChI is InChI=1S/C21H23Cl2NO6S/c22-18-2-1-3-19(23)21(18)30-15-14-29-20(25)9-6-16-4-7-17(8-5-16)31(26,27)24-10-12-28-13-11-24/h1-5,7-8H,6,9-15H2. The molecule has 0 aliphatic carbocycles. The number of rotatable bonds is 9. The van der Waals surface area contributed by atoms with Gasteiger partial charge in [0.2, 0.25) is 10.0 Å². The van der Waals surface area contributed by atoms with Gasteiger partial charge in [-0.15, -0.1) is 0 Å². The highest BCUT2D eigenvalue weighted by atomic mass is 35.5. The summed E-state index contributed by atoms with van der Waals surface area (Å²) in [6, 6.07) is 11.6. The minimum absolute atomic E-state index is 0.0666. The lowest BCUT2D eigenvalue weighted by molar-refractivity contribution is -0.144. The van der Waals surface area contributed by atoms with E-state index >= 15 is 0 Å². The van der Waals surface area contributed by atoms with Gasteiger partial charge in [0.1, 0.15) is 13.2 Å². The highest BCUT2D eigenvalue weighted by molar-refractivity contribution is 7.89. The maximum atomic E-state index is 12.6. The summed E-state index contributed by atoms with van der Waals surface area (Å²) in [5.74, 6) is -0.0205. The van der Waals surface area contributed by atoms with E-state index in [9.17, 15) is 13.2 Å². The fourth-order valence-electron chi connectivity index (χ4n) is 3.00. The zero-order valence-electron chi connectivity index (χ0n) is 16.8. The van der Waals surface area contributed by atoms with Crippen LogP contribution in [-0.4, -0.2) is 58.2 Å². The average molecular weight is 488 g/mol. The molecule has 0 amide bonds. The van der Waals surface area contributed by atoms with E-state index in [1.54, 1.807) is 42.5 Å². The predicted molar refractivity (Wildman–Crippen MR) is 117 cm³/mol. The van der Waals surface area contributed by atoms with Gasteiger partial charge in [0, 0.05) is 19.5 Å². The van der Waals surface area contributed by atoms with Crippen LogP contribution in [0.25, 0.3) is 0 Å². The Morgan fingerprint density at radius 1 is 1.00 bits per heavy atom. The normalized spacial score (nSPS) is 14.9. The van der Waals surface area contributed by atoms with Gasteiger partial charge in [0.05, 0.1) is 28.2 Å². The predicted octanol–water partition coefficient (Wildman–Crippen LogP) is 3.57. The first kappa shape index (κ1) is 23.8. The Kier molecular flexibility index (Phi) is 8.57. The highest BCUT2D eigenvalue weighted by Crippen LogP contribution is 2.32. The van der Waals surface area contributed by atoms with Crippen molar-refractivity contribution in [2.75, 3.05) is 39.5 Å². The SMILES string of the molecule is O=C(CCc1ccc(S(=O)(=O)N2CCOCC2)cc1)OCCOc1c(Cl)cccc1Cl. The van der Waals surface area contributed by atoms with Gasteiger partial charge in [-0.3, -0.25) is 4.79 Å². The summed E-state index contributed by atoms with van der Waals surface area (Å²) in [4.78, 5) is 12.2. The van der Waals surface area contributed by atoms with Crippen molar-refractivity contribution in [3.05, 3.63) is 58.1 Å². The maximum absolute atomic E-state index is 12.6. The molecule has 1 fully saturated rings. The molecule has 1 aliphatic heterocycles. The minimum atomic E-state index is -3.53. The molecule has 0 radical (unpaired) electrons. The smallest absolute Gasteiger partial charge is 0.306 e. The summed E-state index contributed by atoms with van der Waals surface area (Å²) in [7, 11) is -3.53. The van der Waals surface area contributed by atoms with Crippen LogP contribution in [0.2, 0.25) is 10.0 Å². The largest absolute Gasteiger partial charge is 0.487 e. The lowest BCUT2D eigenvalue weighted by Crippen LogP contribution is -2.40. The van der Waals surface area contributed by atoms with Crippen molar-refractivity contribution < 1.29 is 27.4 Å². The average Bonchev–Trinajstić information content (AvgIpc) is 2.78. The number of esters is 1. The number of hydrogen-bond acceptors (Lipinski definition) is 6. The van der Waals surface area contributed by atoms with Crippen LogP contribution in [0.1, 0.15) is 12.0 Å². The van der Waals surface area contributed by atoms with Crippen molar-refractivity contribution in [2.45, 2.75) is 17.7 Å². The summed E-state index contributed by atoms with van der Waals surface area (Å²) >= 11 is 12.0. The molecule has 0 unspecified atom stereocenters. The summed E-state index contributed by atoms with van der Waals surface area (Å²) < 4.78 is 42.5. The molecular formula is C21H23Cl2NO6S. The molecule has 1 heterocycles. The third kappa shape index (κ3) is 6.57. The van der Waals surface area contributed by atoms with E-state index in [4.69, 9.17) is 37.4 Å². The third-order valence-corrected chi connectivity index (χ3v) is 7.17. The van der Waals surface area contributed by atoms with Gasteiger partial charge in [-0.05, 0) is 36.2 Å².